The van der Waals surface area contributed by atoms with E-state index < -0.39 is 0 Å². The summed E-state index contributed by atoms with van der Waals surface area (Å²) in [5, 5.41) is 18.0. The fourth-order valence-electron chi connectivity index (χ4n) is 5.57. The van der Waals surface area contributed by atoms with Crippen molar-refractivity contribution < 1.29 is 4.79 Å². The molecule has 0 atom stereocenters. The highest BCUT2D eigenvalue weighted by Crippen LogP contribution is 2.31. The molecule has 0 spiro atoms. The van der Waals surface area contributed by atoms with Crippen LogP contribution in [0.3, 0.4) is 0 Å². The highest BCUT2D eigenvalue weighted by Gasteiger charge is 2.19. The number of rotatable bonds is 9. The number of fused-ring (bicyclic) bond motifs is 1. The number of carbonyl (C=O) groups is 1. The van der Waals surface area contributed by atoms with Crippen LogP contribution in [-0.4, -0.2) is 60.6 Å². The van der Waals surface area contributed by atoms with Crippen LogP contribution in [0.5, 0.6) is 0 Å². The van der Waals surface area contributed by atoms with Gasteiger partial charge in [-0.1, -0.05) is 55.5 Å². The van der Waals surface area contributed by atoms with E-state index in [0.717, 1.165) is 83.6 Å². The SMILES string of the molecule is CCCc1nc2c(C)cc(NCC(=O)N3CCCC3)cc2n1Cc1ccc(-c2ccccc2-c2nn[nH]n2)cc1. The average molecular weight is 535 g/mol. The Balaban J connectivity index is 1.28. The third-order valence-electron chi connectivity index (χ3n) is 7.62. The number of hydrogen-bond acceptors (Lipinski definition) is 6. The predicted octanol–water partition coefficient (Wildman–Crippen LogP) is 5.23. The Morgan fingerprint density at radius 1 is 1.02 bits per heavy atom. The molecule has 0 aliphatic carbocycles. The van der Waals surface area contributed by atoms with Crippen molar-refractivity contribution in [1.82, 2.24) is 35.1 Å². The maximum absolute atomic E-state index is 12.6. The summed E-state index contributed by atoms with van der Waals surface area (Å²) >= 11 is 0. The fourth-order valence-corrected chi connectivity index (χ4v) is 5.57. The summed E-state index contributed by atoms with van der Waals surface area (Å²) in [4.78, 5) is 19.6. The van der Waals surface area contributed by atoms with Gasteiger partial charge >= 0.3 is 0 Å². The number of aryl methyl sites for hydroxylation is 2. The van der Waals surface area contributed by atoms with Crippen LogP contribution in [0.15, 0.2) is 60.7 Å². The molecule has 1 saturated heterocycles. The van der Waals surface area contributed by atoms with E-state index in [-0.39, 0.29) is 5.91 Å². The number of amides is 1. The first kappa shape index (κ1) is 25.7. The monoisotopic (exact) mass is 534 g/mol. The number of aromatic nitrogens is 6. The number of aromatic amines is 1. The van der Waals surface area contributed by atoms with Crippen LogP contribution in [0, 0.1) is 6.92 Å². The Bertz CT molecular complexity index is 1620. The standard InChI is InChI=1S/C31H34N8O/c1-3-8-28-33-30-21(2)17-24(32-19-29(40)38-15-6-7-16-38)18-27(30)39(28)20-22-11-13-23(14-12-22)25-9-4-5-10-26(25)31-34-36-37-35-31/h4-5,9-14,17-18,32H,3,6-8,15-16,19-20H2,1-2H3,(H,34,35,36,37). The smallest absolute Gasteiger partial charge is 0.241 e. The molecule has 2 aromatic heterocycles. The molecule has 5 aromatic rings. The molecule has 40 heavy (non-hydrogen) atoms. The Morgan fingerprint density at radius 2 is 1.80 bits per heavy atom. The fraction of sp³-hybridized carbons (Fsp3) is 0.323. The van der Waals surface area contributed by atoms with Crippen LogP contribution in [0.4, 0.5) is 5.69 Å². The maximum Gasteiger partial charge on any atom is 0.241 e. The van der Waals surface area contributed by atoms with Crippen molar-refractivity contribution in [3.8, 4) is 22.5 Å². The molecule has 1 amide bonds. The van der Waals surface area contributed by atoms with Crippen LogP contribution >= 0.6 is 0 Å². The second-order valence-corrected chi connectivity index (χ2v) is 10.4. The van der Waals surface area contributed by atoms with Gasteiger partial charge in [-0.2, -0.15) is 5.21 Å². The minimum atomic E-state index is 0.163. The first-order chi connectivity index (χ1) is 19.6. The van der Waals surface area contributed by atoms with Gasteiger partial charge in [0.1, 0.15) is 5.82 Å². The zero-order chi connectivity index (χ0) is 27.5. The topological polar surface area (TPSA) is 105 Å². The van der Waals surface area contributed by atoms with E-state index in [1.807, 2.05) is 23.1 Å². The van der Waals surface area contributed by atoms with Crippen LogP contribution in [0.25, 0.3) is 33.5 Å². The average Bonchev–Trinajstić information content (AvgIpc) is 3.76. The molecule has 204 valence electrons. The van der Waals surface area contributed by atoms with Gasteiger partial charge in [0.05, 0.1) is 17.6 Å². The van der Waals surface area contributed by atoms with Gasteiger partial charge < -0.3 is 14.8 Å². The van der Waals surface area contributed by atoms with E-state index in [0.29, 0.717) is 18.9 Å². The minimum Gasteiger partial charge on any atom is -0.376 e. The molecular weight excluding hydrogens is 500 g/mol. The van der Waals surface area contributed by atoms with Gasteiger partial charge in [-0.25, -0.2) is 4.98 Å². The summed E-state index contributed by atoms with van der Waals surface area (Å²) in [7, 11) is 0. The summed E-state index contributed by atoms with van der Waals surface area (Å²) in [5.41, 5.74) is 8.46. The zero-order valence-corrected chi connectivity index (χ0v) is 23.0. The predicted molar refractivity (Wildman–Crippen MR) is 157 cm³/mol. The normalized spacial score (nSPS) is 13.3. The quantitative estimate of drug-likeness (QED) is 0.268. The largest absolute Gasteiger partial charge is 0.376 e. The highest BCUT2D eigenvalue weighted by atomic mass is 16.2. The first-order valence-electron chi connectivity index (χ1n) is 14.0. The van der Waals surface area contributed by atoms with Gasteiger partial charge in [0.2, 0.25) is 11.7 Å². The number of anilines is 1. The van der Waals surface area contributed by atoms with E-state index in [1.165, 1.54) is 5.56 Å². The first-order valence-corrected chi connectivity index (χ1v) is 14.0. The Hall–Kier alpha value is -4.53. The van der Waals surface area contributed by atoms with E-state index in [2.05, 4.69) is 86.8 Å². The van der Waals surface area contributed by atoms with Crippen molar-refractivity contribution in [2.24, 2.45) is 0 Å². The van der Waals surface area contributed by atoms with Crippen molar-refractivity contribution in [2.75, 3.05) is 25.0 Å². The second-order valence-electron chi connectivity index (χ2n) is 10.4. The summed E-state index contributed by atoms with van der Waals surface area (Å²) < 4.78 is 2.32. The number of carbonyl (C=O) groups excluding carboxylic acids is 1. The van der Waals surface area contributed by atoms with Gasteiger partial charge in [0, 0.05) is 37.3 Å². The Kier molecular flexibility index (Phi) is 7.27. The molecule has 1 fully saturated rings. The zero-order valence-electron chi connectivity index (χ0n) is 23.0. The molecule has 1 aliphatic rings. The summed E-state index contributed by atoms with van der Waals surface area (Å²) in [6.07, 6.45) is 4.12. The molecule has 0 bridgehead atoms. The number of benzene rings is 3. The van der Waals surface area contributed by atoms with E-state index in [1.54, 1.807) is 0 Å². The number of nitrogens with one attached hydrogen (secondary N) is 2. The number of hydrogen-bond donors (Lipinski definition) is 2. The van der Waals surface area contributed by atoms with Crippen molar-refractivity contribution in [3.05, 3.63) is 77.6 Å². The van der Waals surface area contributed by atoms with Gasteiger partial charge in [0.15, 0.2) is 0 Å². The molecule has 9 heteroatoms. The number of nitrogens with zero attached hydrogens (tertiary/aromatic N) is 6. The second kappa shape index (κ2) is 11.3. The van der Waals surface area contributed by atoms with Crippen LogP contribution in [0.1, 0.15) is 43.1 Å². The van der Waals surface area contributed by atoms with E-state index in [9.17, 15) is 4.79 Å². The molecule has 2 N–H and O–H groups in total. The number of H-pyrrole nitrogens is 1. The van der Waals surface area contributed by atoms with Crippen molar-refractivity contribution in [1.29, 1.82) is 0 Å². The van der Waals surface area contributed by atoms with Crippen molar-refractivity contribution >= 4 is 22.6 Å². The van der Waals surface area contributed by atoms with Crippen molar-refractivity contribution in [3.63, 3.8) is 0 Å². The van der Waals surface area contributed by atoms with Crippen LogP contribution in [-0.2, 0) is 17.8 Å². The summed E-state index contributed by atoms with van der Waals surface area (Å²) in [5.74, 6) is 1.82. The summed E-state index contributed by atoms with van der Waals surface area (Å²) in [6.45, 7) is 7.05. The third-order valence-corrected chi connectivity index (χ3v) is 7.62. The number of likely N-dealkylation sites (tertiary alicyclic amines) is 1. The van der Waals surface area contributed by atoms with Crippen LogP contribution in [0.2, 0.25) is 0 Å². The van der Waals surface area contributed by atoms with E-state index in [4.69, 9.17) is 4.98 Å². The molecule has 0 saturated carbocycles. The lowest BCUT2D eigenvalue weighted by Crippen LogP contribution is -2.32. The van der Waals surface area contributed by atoms with Gasteiger partial charge in [0.25, 0.3) is 0 Å². The molecule has 3 aromatic carbocycles. The van der Waals surface area contributed by atoms with Crippen molar-refractivity contribution in [2.45, 2.75) is 46.1 Å². The van der Waals surface area contributed by atoms with E-state index >= 15 is 0 Å². The lowest BCUT2D eigenvalue weighted by Gasteiger charge is -2.16. The minimum absolute atomic E-state index is 0.163. The Labute approximate surface area is 233 Å². The molecule has 3 heterocycles. The Morgan fingerprint density at radius 3 is 2.52 bits per heavy atom. The molecule has 0 unspecified atom stereocenters. The lowest BCUT2D eigenvalue weighted by molar-refractivity contribution is -0.128. The molecule has 6 rings (SSSR count). The van der Waals surface area contributed by atoms with Gasteiger partial charge in [-0.05, 0) is 65.8 Å². The molecule has 0 radical (unpaired) electrons. The summed E-state index contributed by atoms with van der Waals surface area (Å²) in [6, 6.07) is 21.0. The highest BCUT2D eigenvalue weighted by molar-refractivity contribution is 5.86. The molecule has 1 aliphatic heterocycles. The number of tetrazole rings is 1. The maximum atomic E-state index is 12.6. The number of imidazole rings is 1. The molecule has 9 nitrogen and oxygen atoms in total. The van der Waals surface area contributed by atoms with Crippen LogP contribution < -0.4 is 5.32 Å². The van der Waals surface area contributed by atoms with Gasteiger partial charge in [-0.3, -0.25) is 4.79 Å². The lowest BCUT2D eigenvalue weighted by atomic mass is 9.98. The van der Waals surface area contributed by atoms with Gasteiger partial charge in [-0.15, -0.1) is 10.2 Å². The molecular formula is C31H34N8O. The third kappa shape index (κ3) is 5.19.